The molecule has 0 fully saturated rings. The van der Waals surface area contributed by atoms with Crippen molar-refractivity contribution in [3.05, 3.63) is 89.1 Å². The zero-order chi connectivity index (χ0) is 19.5. The Morgan fingerprint density at radius 1 is 0.857 bits per heavy atom. The summed E-state index contributed by atoms with van der Waals surface area (Å²) in [6, 6.07) is 23.2. The third kappa shape index (κ3) is 3.50. The van der Waals surface area contributed by atoms with E-state index in [2.05, 4.69) is 0 Å². The standard InChI is InChI=1S/C23H16O5/c1-15(24)26-23-21(16-8-4-2-5-9-16)22(25)19-13-12-18(14-20(19)28-23)27-17-10-6-3-7-11-17/h2-14H,1H3. The second-order valence-electron chi connectivity index (χ2n) is 6.13. The summed E-state index contributed by atoms with van der Waals surface area (Å²) in [5, 5.41) is 0.371. The molecule has 4 aromatic rings. The van der Waals surface area contributed by atoms with Gasteiger partial charge in [0.05, 0.1) is 5.39 Å². The van der Waals surface area contributed by atoms with Crippen LogP contribution in [0.15, 0.2) is 88.1 Å². The monoisotopic (exact) mass is 372 g/mol. The van der Waals surface area contributed by atoms with Crippen LogP contribution >= 0.6 is 0 Å². The van der Waals surface area contributed by atoms with Crippen LogP contribution < -0.4 is 14.9 Å². The quantitative estimate of drug-likeness (QED) is 0.462. The minimum atomic E-state index is -0.573. The summed E-state index contributed by atoms with van der Waals surface area (Å²) >= 11 is 0. The van der Waals surface area contributed by atoms with Crippen LogP contribution in [0.25, 0.3) is 22.1 Å². The molecule has 0 unspecified atom stereocenters. The lowest BCUT2D eigenvalue weighted by Gasteiger charge is -2.10. The molecular weight excluding hydrogens is 356 g/mol. The molecule has 4 rings (SSSR count). The number of carbonyl (C=O) groups is 1. The second kappa shape index (κ2) is 7.40. The number of ether oxygens (including phenoxy) is 2. The Hall–Kier alpha value is -3.86. The van der Waals surface area contributed by atoms with Gasteiger partial charge in [0.15, 0.2) is 0 Å². The number of benzene rings is 3. The van der Waals surface area contributed by atoms with Gasteiger partial charge in [0.1, 0.15) is 22.6 Å². The summed E-state index contributed by atoms with van der Waals surface area (Å²) in [6.45, 7) is 1.26. The van der Waals surface area contributed by atoms with Crippen LogP contribution in [0.3, 0.4) is 0 Å². The maximum Gasteiger partial charge on any atom is 0.310 e. The van der Waals surface area contributed by atoms with Crippen LogP contribution in [0.1, 0.15) is 6.92 Å². The molecule has 0 aliphatic heterocycles. The smallest absolute Gasteiger partial charge is 0.310 e. The van der Waals surface area contributed by atoms with Crippen molar-refractivity contribution in [3.63, 3.8) is 0 Å². The molecule has 0 bridgehead atoms. The average Bonchev–Trinajstić information content (AvgIpc) is 2.69. The van der Waals surface area contributed by atoms with Gasteiger partial charge in [-0.1, -0.05) is 48.5 Å². The summed E-state index contributed by atoms with van der Waals surface area (Å²) in [5.41, 5.74) is 0.809. The fourth-order valence-corrected chi connectivity index (χ4v) is 2.90. The third-order valence-corrected chi connectivity index (χ3v) is 4.11. The predicted octanol–water partition coefficient (Wildman–Crippen LogP) is 5.18. The zero-order valence-electron chi connectivity index (χ0n) is 15.0. The largest absolute Gasteiger partial charge is 0.457 e. The molecule has 0 spiro atoms. The third-order valence-electron chi connectivity index (χ3n) is 4.11. The molecule has 0 aliphatic carbocycles. The lowest BCUT2D eigenvalue weighted by atomic mass is 10.0. The summed E-state index contributed by atoms with van der Waals surface area (Å²) < 4.78 is 16.8. The second-order valence-corrected chi connectivity index (χ2v) is 6.13. The van der Waals surface area contributed by atoms with E-state index in [1.54, 1.807) is 42.5 Å². The van der Waals surface area contributed by atoms with Crippen molar-refractivity contribution in [2.24, 2.45) is 0 Å². The van der Waals surface area contributed by atoms with Crippen molar-refractivity contribution in [2.75, 3.05) is 0 Å². The number of para-hydroxylation sites is 1. The first-order valence-electron chi connectivity index (χ1n) is 8.69. The molecule has 0 atom stereocenters. The highest BCUT2D eigenvalue weighted by Gasteiger charge is 2.19. The highest BCUT2D eigenvalue weighted by molar-refractivity contribution is 5.86. The van der Waals surface area contributed by atoms with Gasteiger partial charge < -0.3 is 13.9 Å². The molecule has 0 radical (unpaired) electrons. The molecule has 0 N–H and O–H groups in total. The van der Waals surface area contributed by atoms with E-state index in [4.69, 9.17) is 13.9 Å². The molecule has 5 heteroatoms. The van der Waals surface area contributed by atoms with Crippen molar-refractivity contribution in [3.8, 4) is 28.6 Å². The highest BCUT2D eigenvalue weighted by atomic mass is 16.6. The van der Waals surface area contributed by atoms with Crippen LogP contribution in [0.4, 0.5) is 0 Å². The van der Waals surface area contributed by atoms with Gasteiger partial charge in [-0.3, -0.25) is 9.59 Å². The van der Waals surface area contributed by atoms with Gasteiger partial charge in [-0.05, 0) is 29.8 Å². The Bertz CT molecular complexity index is 1190. The minimum Gasteiger partial charge on any atom is -0.457 e. The average molecular weight is 372 g/mol. The van der Waals surface area contributed by atoms with Gasteiger partial charge in [0, 0.05) is 13.0 Å². The Morgan fingerprint density at radius 3 is 2.21 bits per heavy atom. The molecule has 1 aromatic heterocycles. The van der Waals surface area contributed by atoms with E-state index in [-0.39, 0.29) is 22.5 Å². The van der Waals surface area contributed by atoms with Crippen molar-refractivity contribution in [1.29, 1.82) is 0 Å². The molecule has 138 valence electrons. The van der Waals surface area contributed by atoms with Crippen molar-refractivity contribution < 1.29 is 18.7 Å². The van der Waals surface area contributed by atoms with Crippen molar-refractivity contribution in [1.82, 2.24) is 0 Å². The van der Waals surface area contributed by atoms with Gasteiger partial charge in [-0.15, -0.1) is 0 Å². The van der Waals surface area contributed by atoms with E-state index in [9.17, 15) is 9.59 Å². The first-order chi connectivity index (χ1) is 13.6. The fourth-order valence-electron chi connectivity index (χ4n) is 2.90. The minimum absolute atomic E-state index is 0.131. The molecule has 1 heterocycles. The maximum atomic E-state index is 13.1. The van der Waals surface area contributed by atoms with E-state index < -0.39 is 5.97 Å². The molecule has 0 saturated carbocycles. The van der Waals surface area contributed by atoms with E-state index in [0.717, 1.165) is 0 Å². The van der Waals surface area contributed by atoms with Crippen LogP contribution in [0, 0.1) is 0 Å². The van der Waals surface area contributed by atoms with Gasteiger partial charge in [0.25, 0.3) is 0 Å². The van der Waals surface area contributed by atoms with Crippen molar-refractivity contribution in [2.45, 2.75) is 6.92 Å². The first-order valence-corrected chi connectivity index (χ1v) is 8.69. The van der Waals surface area contributed by atoms with E-state index in [1.165, 1.54) is 6.92 Å². The summed E-state index contributed by atoms with van der Waals surface area (Å²) in [4.78, 5) is 24.7. The number of hydrogen-bond acceptors (Lipinski definition) is 5. The molecule has 0 saturated heterocycles. The summed E-state index contributed by atoms with van der Waals surface area (Å²) in [5.74, 6) is 0.456. The molecule has 3 aromatic carbocycles. The van der Waals surface area contributed by atoms with Crippen LogP contribution in [-0.4, -0.2) is 5.97 Å². The Labute approximate surface area is 160 Å². The predicted molar refractivity (Wildman–Crippen MR) is 106 cm³/mol. The highest BCUT2D eigenvalue weighted by Crippen LogP contribution is 2.32. The van der Waals surface area contributed by atoms with E-state index in [1.807, 2.05) is 36.4 Å². The lowest BCUT2D eigenvalue weighted by Crippen LogP contribution is -2.11. The summed E-state index contributed by atoms with van der Waals surface area (Å²) in [6.07, 6.45) is 0. The van der Waals surface area contributed by atoms with Crippen molar-refractivity contribution >= 4 is 16.9 Å². The number of rotatable bonds is 4. The van der Waals surface area contributed by atoms with Gasteiger partial charge in [-0.25, -0.2) is 0 Å². The fraction of sp³-hybridized carbons (Fsp3) is 0.0435. The Kier molecular flexibility index (Phi) is 4.64. The lowest BCUT2D eigenvalue weighted by molar-refractivity contribution is -0.133. The molecule has 0 amide bonds. The Balaban J connectivity index is 1.87. The van der Waals surface area contributed by atoms with E-state index >= 15 is 0 Å². The van der Waals surface area contributed by atoms with E-state index in [0.29, 0.717) is 22.4 Å². The molecule has 28 heavy (non-hydrogen) atoms. The van der Waals surface area contributed by atoms with Crippen LogP contribution in [0.5, 0.6) is 17.4 Å². The SMILES string of the molecule is CC(=O)Oc1oc2cc(Oc3ccccc3)ccc2c(=O)c1-c1ccccc1. The topological polar surface area (TPSA) is 65.7 Å². The molecule has 0 aliphatic rings. The zero-order valence-corrected chi connectivity index (χ0v) is 15.0. The summed E-state index contributed by atoms with van der Waals surface area (Å²) in [7, 11) is 0. The Morgan fingerprint density at radius 2 is 1.54 bits per heavy atom. The van der Waals surface area contributed by atoms with Crippen LogP contribution in [0.2, 0.25) is 0 Å². The van der Waals surface area contributed by atoms with Crippen LogP contribution in [-0.2, 0) is 4.79 Å². The number of fused-ring (bicyclic) bond motifs is 1. The van der Waals surface area contributed by atoms with Gasteiger partial charge >= 0.3 is 11.9 Å². The molecule has 5 nitrogen and oxygen atoms in total. The maximum absolute atomic E-state index is 13.1. The number of esters is 1. The van der Waals surface area contributed by atoms with Gasteiger partial charge in [0.2, 0.25) is 5.43 Å². The number of hydrogen-bond donors (Lipinski definition) is 0. The molecular formula is C23H16O5. The van der Waals surface area contributed by atoms with Gasteiger partial charge in [-0.2, -0.15) is 0 Å². The normalized spacial score (nSPS) is 10.6. The number of carbonyl (C=O) groups excluding carboxylic acids is 1. The first kappa shape index (κ1) is 17.5.